The number of hydrogen-bond acceptors (Lipinski definition) is 4. The fourth-order valence-corrected chi connectivity index (χ4v) is 0.888. The molecule has 0 aliphatic carbocycles. The van der Waals surface area contributed by atoms with Gasteiger partial charge in [-0.15, -0.1) is 0 Å². The molecule has 0 aromatic carbocycles. The van der Waals surface area contributed by atoms with Crippen molar-refractivity contribution in [2.75, 3.05) is 0 Å². The van der Waals surface area contributed by atoms with E-state index < -0.39 is 12.1 Å². The Labute approximate surface area is 68.4 Å². The molecule has 6 heteroatoms. The van der Waals surface area contributed by atoms with Crippen LogP contribution in [-0.4, -0.2) is 31.2 Å². The Morgan fingerprint density at radius 3 is 2.50 bits per heavy atom. The van der Waals surface area contributed by atoms with E-state index in [-0.39, 0.29) is 5.69 Å². The van der Waals surface area contributed by atoms with Crippen LogP contribution in [0.15, 0.2) is 0 Å². The van der Waals surface area contributed by atoms with Gasteiger partial charge in [-0.2, -0.15) is 15.0 Å². The summed E-state index contributed by atoms with van der Waals surface area (Å²) in [6.45, 7) is 1.59. The molecule has 66 valence electrons. The number of carboxylic acids is 1. The predicted octanol–water partition coefficient (Wildman–Crippen LogP) is -0.758. The lowest BCUT2D eigenvalue weighted by molar-refractivity contribution is -0.147. The second kappa shape index (κ2) is 2.90. The number of aliphatic hydroxyl groups excluding tert-OH is 1. The molecular formula is C6H9N3O3. The van der Waals surface area contributed by atoms with Crippen molar-refractivity contribution in [3.8, 4) is 0 Å². The first kappa shape index (κ1) is 8.66. The van der Waals surface area contributed by atoms with Gasteiger partial charge in [-0.1, -0.05) is 0 Å². The third-order valence-corrected chi connectivity index (χ3v) is 1.41. The summed E-state index contributed by atoms with van der Waals surface area (Å²) in [7, 11) is 1.56. The van der Waals surface area contributed by atoms with Crippen molar-refractivity contribution < 1.29 is 15.0 Å². The molecular weight excluding hydrogens is 162 g/mol. The molecule has 1 aromatic rings. The zero-order valence-electron chi connectivity index (χ0n) is 6.72. The fraction of sp³-hybridized carbons (Fsp3) is 0.500. The Morgan fingerprint density at radius 1 is 1.58 bits per heavy atom. The minimum Gasteiger partial charge on any atom is -0.479 e. The van der Waals surface area contributed by atoms with Crippen LogP contribution in [-0.2, 0) is 11.8 Å². The Hall–Kier alpha value is -1.43. The number of carbonyl (C=O) groups is 1. The molecule has 1 heterocycles. The lowest BCUT2D eigenvalue weighted by Gasteiger charge is -1.99. The lowest BCUT2D eigenvalue weighted by Crippen LogP contribution is -2.12. The highest BCUT2D eigenvalue weighted by molar-refractivity contribution is 5.73. The molecule has 1 atom stereocenters. The number of aromatic nitrogens is 3. The van der Waals surface area contributed by atoms with Crippen LogP contribution >= 0.6 is 0 Å². The summed E-state index contributed by atoms with van der Waals surface area (Å²) in [5.41, 5.74) is 0.511. The molecule has 1 unspecified atom stereocenters. The van der Waals surface area contributed by atoms with Gasteiger partial charge in [-0.25, -0.2) is 4.79 Å². The molecule has 0 aliphatic heterocycles. The number of aliphatic hydroxyl groups is 1. The Bertz CT molecular complexity index is 307. The topological polar surface area (TPSA) is 88.2 Å². The third kappa shape index (κ3) is 1.42. The number of carboxylic acid groups (broad SMARTS) is 1. The molecule has 1 aromatic heterocycles. The monoisotopic (exact) mass is 171 g/mol. The number of rotatable bonds is 2. The van der Waals surface area contributed by atoms with E-state index in [0.29, 0.717) is 5.69 Å². The van der Waals surface area contributed by atoms with Gasteiger partial charge in [0.2, 0.25) is 0 Å². The second-order valence-corrected chi connectivity index (χ2v) is 2.40. The molecule has 0 amide bonds. The van der Waals surface area contributed by atoms with Crippen LogP contribution in [0.5, 0.6) is 0 Å². The molecule has 12 heavy (non-hydrogen) atoms. The van der Waals surface area contributed by atoms with E-state index in [9.17, 15) is 4.79 Å². The number of hydrogen-bond donors (Lipinski definition) is 2. The quantitative estimate of drug-likeness (QED) is 0.610. The van der Waals surface area contributed by atoms with Gasteiger partial charge in [0, 0.05) is 7.05 Å². The van der Waals surface area contributed by atoms with Crippen molar-refractivity contribution in [1.29, 1.82) is 0 Å². The van der Waals surface area contributed by atoms with Crippen LogP contribution in [0.4, 0.5) is 0 Å². The van der Waals surface area contributed by atoms with E-state index in [1.54, 1.807) is 14.0 Å². The molecule has 0 aliphatic rings. The molecule has 0 radical (unpaired) electrons. The second-order valence-electron chi connectivity index (χ2n) is 2.40. The Morgan fingerprint density at radius 2 is 2.17 bits per heavy atom. The third-order valence-electron chi connectivity index (χ3n) is 1.41. The van der Waals surface area contributed by atoms with Crippen LogP contribution in [0.25, 0.3) is 0 Å². The summed E-state index contributed by atoms with van der Waals surface area (Å²) in [5, 5.41) is 25.0. The van der Waals surface area contributed by atoms with Crippen molar-refractivity contribution >= 4 is 5.97 Å². The summed E-state index contributed by atoms with van der Waals surface area (Å²) in [4.78, 5) is 11.6. The van der Waals surface area contributed by atoms with E-state index >= 15 is 0 Å². The van der Waals surface area contributed by atoms with Crippen LogP contribution in [0, 0.1) is 6.92 Å². The summed E-state index contributed by atoms with van der Waals surface area (Å²) >= 11 is 0. The first-order valence-electron chi connectivity index (χ1n) is 3.31. The summed E-state index contributed by atoms with van der Waals surface area (Å²) in [6.07, 6.45) is -1.58. The average Bonchev–Trinajstić information content (AvgIpc) is 2.28. The van der Waals surface area contributed by atoms with E-state index in [1.807, 2.05) is 0 Å². The van der Waals surface area contributed by atoms with Gasteiger partial charge < -0.3 is 10.2 Å². The number of aryl methyl sites for hydroxylation is 2. The molecule has 1 rings (SSSR count). The highest BCUT2D eigenvalue weighted by atomic mass is 16.4. The normalized spacial score (nSPS) is 12.9. The van der Waals surface area contributed by atoms with Gasteiger partial charge in [0.15, 0.2) is 6.10 Å². The van der Waals surface area contributed by atoms with Crippen molar-refractivity contribution in [2.24, 2.45) is 7.05 Å². The Balaban J connectivity index is 3.02. The van der Waals surface area contributed by atoms with Crippen LogP contribution < -0.4 is 0 Å². The molecule has 0 bridgehead atoms. The summed E-state index contributed by atoms with van der Waals surface area (Å²) in [5.74, 6) is -1.32. The molecule has 6 nitrogen and oxygen atoms in total. The molecule has 0 fully saturated rings. The predicted molar refractivity (Wildman–Crippen MR) is 38.3 cm³/mol. The average molecular weight is 171 g/mol. The standard InChI is InChI=1S/C6H9N3O3/c1-3-4(5(10)6(11)12)8-9(2)7-3/h5,10H,1-2H3,(H,11,12). The van der Waals surface area contributed by atoms with Crippen molar-refractivity contribution in [1.82, 2.24) is 15.0 Å². The highest BCUT2D eigenvalue weighted by Crippen LogP contribution is 2.12. The maximum Gasteiger partial charge on any atom is 0.339 e. The van der Waals surface area contributed by atoms with Crippen molar-refractivity contribution in [2.45, 2.75) is 13.0 Å². The number of nitrogens with zero attached hydrogens (tertiary/aromatic N) is 3. The smallest absolute Gasteiger partial charge is 0.339 e. The summed E-state index contributed by atoms with van der Waals surface area (Å²) < 4.78 is 0. The van der Waals surface area contributed by atoms with Crippen molar-refractivity contribution in [3.05, 3.63) is 11.4 Å². The SMILES string of the molecule is Cc1nn(C)nc1C(O)C(=O)O. The van der Waals surface area contributed by atoms with E-state index in [4.69, 9.17) is 10.2 Å². The lowest BCUT2D eigenvalue weighted by atomic mass is 10.2. The van der Waals surface area contributed by atoms with Crippen LogP contribution in [0.2, 0.25) is 0 Å². The van der Waals surface area contributed by atoms with Gasteiger partial charge in [-0.3, -0.25) is 0 Å². The van der Waals surface area contributed by atoms with Crippen molar-refractivity contribution in [3.63, 3.8) is 0 Å². The zero-order chi connectivity index (χ0) is 9.30. The minimum absolute atomic E-state index is 0.0880. The van der Waals surface area contributed by atoms with E-state index in [2.05, 4.69) is 10.2 Å². The van der Waals surface area contributed by atoms with Gasteiger partial charge in [-0.05, 0) is 6.92 Å². The van der Waals surface area contributed by atoms with Gasteiger partial charge in [0.05, 0.1) is 5.69 Å². The molecule has 2 N–H and O–H groups in total. The largest absolute Gasteiger partial charge is 0.479 e. The zero-order valence-corrected chi connectivity index (χ0v) is 6.72. The maximum atomic E-state index is 10.3. The first-order valence-corrected chi connectivity index (χ1v) is 3.31. The number of aliphatic carboxylic acids is 1. The van der Waals surface area contributed by atoms with Gasteiger partial charge >= 0.3 is 5.97 Å². The van der Waals surface area contributed by atoms with Gasteiger partial charge in [0.1, 0.15) is 5.69 Å². The molecule has 0 saturated carbocycles. The van der Waals surface area contributed by atoms with Gasteiger partial charge in [0.25, 0.3) is 0 Å². The summed E-state index contributed by atoms with van der Waals surface area (Å²) in [6, 6.07) is 0. The first-order chi connectivity index (χ1) is 5.52. The van der Waals surface area contributed by atoms with Crippen LogP contribution in [0.1, 0.15) is 17.5 Å². The molecule has 0 spiro atoms. The van der Waals surface area contributed by atoms with E-state index in [0.717, 1.165) is 0 Å². The van der Waals surface area contributed by atoms with Crippen LogP contribution in [0.3, 0.4) is 0 Å². The Kier molecular flexibility index (Phi) is 2.09. The fourth-order valence-electron chi connectivity index (χ4n) is 0.888. The molecule has 0 saturated heterocycles. The highest BCUT2D eigenvalue weighted by Gasteiger charge is 2.22. The minimum atomic E-state index is -1.58. The maximum absolute atomic E-state index is 10.3. The van der Waals surface area contributed by atoms with E-state index in [1.165, 1.54) is 4.80 Å².